The number of anilines is 1. The van der Waals surface area contributed by atoms with Crippen LogP contribution in [0.4, 0.5) is 19.0 Å². The summed E-state index contributed by atoms with van der Waals surface area (Å²) in [7, 11) is 0. The highest BCUT2D eigenvalue weighted by atomic mass is 35.5. The van der Waals surface area contributed by atoms with Gasteiger partial charge in [-0.2, -0.15) is 13.2 Å². The van der Waals surface area contributed by atoms with Crippen molar-refractivity contribution in [3.05, 3.63) is 52.9 Å². The number of aliphatic hydroxyl groups is 1. The smallest absolute Gasteiger partial charge is 0.395 e. The van der Waals surface area contributed by atoms with Crippen LogP contribution in [-0.2, 0) is 12.7 Å². The molecule has 0 saturated carbocycles. The Morgan fingerprint density at radius 1 is 1.27 bits per heavy atom. The first-order valence-electron chi connectivity index (χ1n) is 6.39. The Balaban J connectivity index is 2.29. The summed E-state index contributed by atoms with van der Waals surface area (Å²) in [5.74, 6) is 0.188. The zero-order valence-electron chi connectivity index (χ0n) is 11.4. The van der Waals surface area contributed by atoms with Gasteiger partial charge in [0.15, 0.2) is 0 Å². The minimum absolute atomic E-state index is 0.118. The SMILES string of the molecule is OCCN(Cc1cccnc1)c1ncc(C(F)(F)F)cc1Cl. The molecular formula is C14H13ClF3N3O. The zero-order chi connectivity index (χ0) is 16.2. The third kappa shape index (κ3) is 4.08. The molecule has 0 aliphatic rings. The maximum absolute atomic E-state index is 12.6. The zero-order valence-corrected chi connectivity index (χ0v) is 12.1. The average Bonchev–Trinajstić information content (AvgIpc) is 2.47. The lowest BCUT2D eigenvalue weighted by atomic mass is 10.2. The van der Waals surface area contributed by atoms with Crippen molar-refractivity contribution in [2.45, 2.75) is 12.7 Å². The van der Waals surface area contributed by atoms with Crippen LogP contribution in [0.1, 0.15) is 11.1 Å². The summed E-state index contributed by atoms with van der Waals surface area (Å²) in [6.45, 7) is 0.332. The highest BCUT2D eigenvalue weighted by molar-refractivity contribution is 6.33. The third-order valence-electron chi connectivity index (χ3n) is 2.91. The molecule has 0 atom stereocenters. The Hall–Kier alpha value is -1.86. The van der Waals surface area contributed by atoms with Gasteiger partial charge >= 0.3 is 6.18 Å². The van der Waals surface area contributed by atoms with E-state index in [1.165, 1.54) is 0 Å². The van der Waals surface area contributed by atoms with Crippen molar-refractivity contribution < 1.29 is 18.3 Å². The van der Waals surface area contributed by atoms with E-state index in [1.54, 1.807) is 23.4 Å². The van der Waals surface area contributed by atoms with Crippen molar-refractivity contribution in [1.29, 1.82) is 0 Å². The molecule has 0 fully saturated rings. The number of aromatic nitrogens is 2. The van der Waals surface area contributed by atoms with Gasteiger partial charge in [0.2, 0.25) is 0 Å². The van der Waals surface area contributed by atoms with Crippen LogP contribution >= 0.6 is 11.6 Å². The van der Waals surface area contributed by atoms with Gasteiger partial charge in [0.05, 0.1) is 17.2 Å². The van der Waals surface area contributed by atoms with Crippen molar-refractivity contribution in [2.75, 3.05) is 18.1 Å². The number of aliphatic hydroxyl groups excluding tert-OH is 1. The second-order valence-electron chi connectivity index (χ2n) is 4.53. The van der Waals surface area contributed by atoms with Gasteiger partial charge in [0, 0.05) is 31.7 Å². The van der Waals surface area contributed by atoms with E-state index >= 15 is 0 Å². The molecule has 0 aliphatic heterocycles. The molecule has 2 rings (SSSR count). The molecule has 0 spiro atoms. The molecule has 0 radical (unpaired) electrons. The summed E-state index contributed by atoms with van der Waals surface area (Å²) in [4.78, 5) is 9.37. The van der Waals surface area contributed by atoms with Gasteiger partial charge in [-0.25, -0.2) is 4.98 Å². The number of hydrogen-bond acceptors (Lipinski definition) is 4. The van der Waals surface area contributed by atoms with E-state index in [1.807, 2.05) is 6.07 Å². The molecule has 22 heavy (non-hydrogen) atoms. The van der Waals surface area contributed by atoms with Crippen LogP contribution in [-0.4, -0.2) is 28.2 Å². The van der Waals surface area contributed by atoms with Crippen LogP contribution in [0.25, 0.3) is 0 Å². The molecule has 0 amide bonds. The van der Waals surface area contributed by atoms with Crippen LogP contribution < -0.4 is 4.90 Å². The van der Waals surface area contributed by atoms with Crippen molar-refractivity contribution in [3.63, 3.8) is 0 Å². The van der Waals surface area contributed by atoms with Gasteiger partial charge in [-0.3, -0.25) is 4.98 Å². The topological polar surface area (TPSA) is 49.2 Å². The fourth-order valence-electron chi connectivity index (χ4n) is 1.91. The highest BCUT2D eigenvalue weighted by Crippen LogP contribution is 2.33. The van der Waals surface area contributed by atoms with Gasteiger partial charge in [-0.1, -0.05) is 17.7 Å². The summed E-state index contributed by atoms with van der Waals surface area (Å²) in [5.41, 5.74) is -0.0831. The first-order chi connectivity index (χ1) is 10.4. The highest BCUT2D eigenvalue weighted by Gasteiger charge is 2.32. The van der Waals surface area contributed by atoms with Gasteiger partial charge in [0.1, 0.15) is 5.82 Å². The van der Waals surface area contributed by atoms with Crippen molar-refractivity contribution in [3.8, 4) is 0 Å². The third-order valence-corrected chi connectivity index (χ3v) is 3.19. The van der Waals surface area contributed by atoms with Crippen LogP contribution in [0.5, 0.6) is 0 Å². The van der Waals surface area contributed by atoms with Gasteiger partial charge < -0.3 is 10.0 Å². The predicted molar refractivity (Wildman–Crippen MR) is 76.6 cm³/mol. The average molecular weight is 332 g/mol. The molecule has 2 aromatic rings. The molecule has 2 aromatic heterocycles. The van der Waals surface area contributed by atoms with E-state index in [9.17, 15) is 13.2 Å². The van der Waals surface area contributed by atoms with E-state index in [0.29, 0.717) is 6.54 Å². The molecule has 0 unspecified atom stereocenters. The molecule has 0 aromatic carbocycles. The molecule has 1 N–H and O–H groups in total. The molecule has 4 nitrogen and oxygen atoms in total. The van der Waals surface area contributed by atoms with Gasteiger partial charge in [-0.05, 0) is 17.7 Å². The Labute approximate surface area is 130 Å². The first-order valence-corrected chi connectivity index (χ1v) is 6.77. The normalized spacial score (nSPS) is 11.5. The van der Waals surface area contributed by atoms with Crippen LogP contribution in [0.15, 0.2) is 36.8 Å². The molecule has 0 saturated heterocycles. The minimum atomic E-state index is -4.50. The fourth-order valence-corrected chi connectivity index (χ4v) is 2.20. The quantitative estimate of drug-likeness (QED) is 0.914. The Kier molecular flexibility index (Phi) is 5.20. The Morgan fingerprint density at radius 3 is 2.59 bits per heavy atom. The molecule has 2 heterocycles. The number of hydrogen-bond donors (Lipinski definition) is 1. The molecule has 8 heteroatoms. The predicted octanol–water partition coefficient (Wildman–Crippen LogP) is 3.15. The monoisotopic (exact) mass is 331 g/mol. The van der Waals surface area contributed by atoms with E-state index in [-0.39, 0.29) is 24.0 Å². The number of halogens is 4. The standard InChI is InChI=1S/C14H13ClF3N3O/c15-12-6-11(14(16,17)18)8-20-13(12)21(4-5-22)9-10-2-1-3-19-7-10/h1-3,6-8,22H,4-5,9H2. The number of nitrogens with zero attached hydrogens (tertiary/aromatic N) is 3. The molecule has 0 aliphatic carbocycles. The Bertz CT molecular complexity index is 622. The largest absolute Gasteiger partial charge is 0.417 e. The van der Waals surface area contributed by atoms with Crippen molar-refractivity contribution in [1.82, 2.24) is 9.97 Å². The second-order valence-corrected chi connectivity index (χ2v) is 4.94. The number of rotatable bonds is 5. The summed E-state index contributed by atoms with van der Waals surface area (Å²) in [5, 5.41) is 9.02. The van der Waals surface area contributed by atoms with E-state index in [2.05, 4.69) is 9.97 Å². The lowest BCUT2D eigenvalue weighted by Crippen LogP contribution is -2.27. The van der Waals surface area contributed by atoms with Crippen LogP contribution in [0.2, 0.25) is 5.02 Å². The molecular weight excluding hydrogens is 319 g/mol. The fraction of sp³-hybridized carbons (Fsp3) is 0.286. The lowest BCUT2D eigenvalue weighted by molar-refractivity contribution is -0.137. The van der Waals surface area contributed by atoms with Crippen molar-refractivity contribution in [2.24, 2.45) is 0 Å². The summed E-state index contributed by atoms with van der Waals surface area (Å²) >= 11 is 5.93. The maximum atomic E-state index is 12.6. The van der Waals surface area contributed by atoms with E-state index < -0.39 is 11.7 Å². The molecule has 0 bridgehead atoms. The Morgan fingerprint density at radius 2 is 2.05 bits per heavy atom. The maximum Gasteiger partial charge on any atom is 0.417 e. The minimum Gasteiger partial charge on any atom is -0.395 e. The first kappa shape index (κ1) is 16.5. The van der Waals surface area contributed by atoms with Gasteiger partial charge in [-0.15, -0.1) is 0 Å². The second kappa shape index (κ2) is 6.93. The van der Waals surface area contributed by atoms with E-state index in [4.69, 9.17) is 16.7 Å². The lowest BCUT2D eigenvalue weighted by Gasteiger charge is -2.24. The molecule has 118 valence electrons. The summed E-state index contributed by atoms with van der Waals surface area (Å²) < 4.78 is 37.9. The number of pyridine rings is 2. The number of alkyl halides is 3. The van der Waals surface area contributed by atoms with E-state index in [0.717, 1.165) is 17.8 Å². The summed E-state index contributed by atoms with van der Waals surface area (Å²) in [6, 6.07) is 4.39. The van der Waals surface area contributed by atoms with Crippen LogP contribution in [0, 0.1) is 0 Å². The van der Waals surface area contributed by atoms with Gasteiger partial charge in [0.25, 0.3) is 0 Å². The van der Waals surface area contributed by atoms with Crippen LogP contribution in [0.3, 0.4) is 0 Å². The summed E-state index contributed by atoms with van der Waals surface area (Å²) in [6.07, 6.45) is -0.527. The van der Waals surface area contributed by atoms with Crippen molar-refractivity contribution >= 4 is 17.4 Å².